The zero-order chi connectivity index (χ0) is 100. The minimum absolute atomic E-state index is 0.0197. The summed E-state index contributed by atoms with van der Waals surface area (Å²) in [4.78, 5) is 196. The van der Waals surface area contributed by atoms with Crippen LogP contribution in [0.1, 0.15) is 79.4 Å². The summed E-state index contributed by atoms with van der Waals surface area (Å²) in [6.45, 7) is -3.75. The average molecular weight is 2080 g/mol. The molecule has 67 heteroatoms. The maximum atomic E-state index is 15.1. The third kappa shape index (κ3) is 20.1. The summed E-state index contributed by atoms with van der Waals surface area (Å²) in [5, 5.41) is 69.2. The van der Waals surface area contributed by atoms with Gasteiger partial charge in [-0.15, -0.1) is 0 Å². The lowest BCUT2D eigenvalue weighted by Gasteiger charge is -2.27. The first-order valence-electron chi connectivity index (χ1n) is 42.2. The number of aryl methyl sites for hydroxylation is 2. The van der Waals surface area contributed by atoms with E-state index in [9.17, 15) is 107 Å². The Bertz CT molecular complexity index is 7350. The molecule has 1 aliphatic carbocycles. The first-order valence-corrected chi connectivity index (χ1v) is 49.6. The zero-order valence-corrected chi connectivity index (χ0v) is 77.2. The molecule has 27 atom stereocenters. The summed E-state index contributed by atoms with van der Waals surface area (Å²) in [6, 6.07) is 13.2. The van der Waals surface area contributed by atoms with Crippen molar-refractivity contribution in [2.45, 2.75) is 175 Å². The van der Waals surface area contributed by atoms with Crippen LogP contribution in [0.3, 0.4) is 0 Å². The van der Waals surface area contributed by atoms with E-state index in [2.05, 4.69) is 59.8 Å². The van der Waals surface area contributed by atoms with Crippen molar-refractivity contribution in [1.82, 2.24) is 87.2 Å². The number of phosphoric acid groups is 5. The number of phosphoric ester groups is 5. The van der Waals surface area contributed by atoms with Gasteiger partial charge >= 0.3 is 56.2 Å². The van der Waals surface area contributed by atoms with Crippen LogP contribution in [0.5, 0.6) is 0 Å². The van der Waals surface area contributed by atoms with Crippen LogP contribution in [0.25, 0.3) is 44.6 Å². The number of rotatable bonds is 34. The fourth-order valence-electron chi connectivity index (χ4n) is 17.2. The van der Waals surface area contributed by atoms with Crippen molar-refractivity contribution >= 4 is 114 Å². The number of aliphatic hydroxyl groups is 6. The summed E-state index contributed by atoms with van der Waals surface area (Å²) >= 11 is 0. The molecular formula is C74H86N23O39P5. The fraction of sp³-hybridized carbons (Fsp3) is 0.459. The largest absolute Gasteiger partial charge is 0.472 e. The van der Waals surface area contributed by atoms with Crippen molar-refractivity contribution in [1.29, 1.82) is 0 Å². The summed E-state index contributed by atoms with van der Waals surface area (Å²) in [5.41, 5.74) is 19.7. The Kier molecular flexibility index (Phi) is 27.6. The summed E-state index contributed by atoms with van der Waals surface area (Å²) in [6.07, 6.45) is -36.8. The van der Waals surface area contributed by atoms with Gasteiger partial charge in [0.25, 0.3) is 16.7 Å². The van der Waals surface area contributed by atoms with Gasteiger partial charge in [-0.25, -0.2) is 72.1 Å². The highest BCUT2D eigenvalue weighted by Crippen LogP contribution is 2.58. The quantitative estimate of drug-likeness (QED) is 0.0177. The topological polar surface area (TPSA) is 875 Å². The molecule has 756 valence electrons. The number of aromatic amines is 3. The van der Waals surface area contributed by atoms with Crippen LogP contribution in [-0.4, -0.2) is 286 Å². The summed E-state index contributed by atoms with van der Waals surface area (Å²) in [7, 11) is -29.2. The minimum atomic E-state index is -6.18. The standard InChI is InChI=1S/C74H86N23O39P5/c1-28-16-92(73(109)89-63(28)105)45-14-36(132-137(111,112)123-21-41-50(100)51(101)66(129-41)94-26-83-47-58(76)79-24-81-60(47)94)40(127-45)20-122-140(117,118)135-56-42(130-67(53(56)103)91-11-10-44(75)85-72(91)108)22-125-141(119,120)136-57-43(131-69(54(57)104)97-62-49(65(107)88-70(78)87-62)86-71(97)96(30(3)99)33-8-9-35-32(13-33)12-31-6-4-5-7-34(31)35)23-124-138(113,114)133-37-15-46(93-17-29(2)64(106)90-74(93)110)126-39(37)19-121-139(115,116)134-55-38(18-98)128-68(52(55)102)95-27-84-48-59(77)80-25-82-61(48)95/h4-11,13,16-17,24-27,36-43,45-46,50-57,66-69,98,100-104H,12,14-15,18-23H2,1-3H3,(H,111,112)(H,113,114)(H,115,116)(H,117,118)(H,119,120)(H2,75,85,108)(H2,76,79,81)(H2,77,80,82)(H,89,105,109)(H,90,106,110)(H3,78,87,88,107)/t36-,37-,38+,39+,40+,41+,42+,43+,45+,46+,50+,51+,52+,53+,54+,55+,56+,57+,66+,67+,68+,69+/m0/s1. The van der Waals surface area contributed by atoms with Crippen molar-refractivity contribution in [2.75, 3.05) is 67.5 Å². The second-order valence-electron chi connectivity index (χ2n) is 33.0. The monoisotopic (exact) mass is 2080 g/mol. The van der Waals surface area contributed by atoms with Gasteiger partial charge in [0.15, 0.2) is 59.0 Å². The highest BCUT2D eigenvalue weighted by Gasteiger charge is 2.57. The van der Waals surface area contributed by atoms with Gasteiger partial charge in [0.05, 0.1) is 58.0 Å². The van der Waals surface area contributed by atoms with Crippen molar-refractivity contribution in [3.05, 3.63) is 177 Å². The molecule has 141 heavy (non-hydrogen) atoms. The van der Waals surface area contributed by atoms with E-state index in [1.165, 1.54) is 29.0 Å². The van der Waals surface area contributed by atoms with Crippen LogP contribution in [0.15, 0.2) is 121 Å². The Labute approximate surface area is 784 Å². The van der Waals surface area contributed by atoms with Crippen LogP contribution in [0.4, 0.5) is 35.0 Å². The predicted molar refractivity (Wildman–Crippen MR) is 468 cm³/mol. The van der Waals surface area contributed by atoms with Crippen molar-refractivity contribution < 1.29 is 156 Å². The molecule has 0 bridgehead atoms. The minimum Gasteiger partial charge on any atom is -0.394 e. The average Bonchev–Trinajstić information content (AvgIpc) is 1.57. The molecule has 0 saturated carbocycles. The maximum absolute atomic E-state index is 15.1. The van der Waals surface area contributed by atoms with E-state index >= 15 is 4.57 Å². The second kappa shape index (κ2) is 38.9. The van der Waals surface area contributed by atoms with Crippen molar-refractivity contribution in [3.63, 3.8) is 0 Å². The fourth-order valence-corrected chi connectivity index (χ4v) is 22.0. The van der Waals surface area contributed by atoms with Crippen LogP contribution in [0.2, 0.25) is 0 Å². The van der Waals surface area contributed by atoms with Crippen LogP contribution < -0.4 is 61.6 Å². The molecule has 7 aliphatic rings. The van der Waals surface area contributed by atoms with Gasteiger partial charge in [-0.05, 0) is 60.7 Å². The van der Waals surface area contributed by atoms with Gasteiger partial charge in [0.2, 0.25) is 17.8 Å². The smallest absolute Gasteiger partial charge is 0.394 e. The van der Waals surface area contributed by atoms with E-state index in [0.717, 1.165) is 92.2 Å². The number of nitrogens with zero attached hydrogens (tertiary/aromatic N) is 16. The molecule has 15 heterocycles. The number of aliphatic hydroxyl groups excluding tert-OH is 6. The number of fused-ring (bicyclic) bond motifs is 6. The van der Waals surface area contributed by atoms with E-state index < -0.39 is 289 Å². The lowest BCUT2D eigenvalue weighted by Crippen LogP contribution is -2.38. The van der Waals surface area contributed by atoms with E-state index in [-0.39, 0.29) is 56.6 Å². The van der Waals surface area contributed by atoms with E-state index in [4.69, 9.17) is 96.6 Å². The van der Waals surface area contributed by atoms with Gasteiger partial charge in [-0.1, -0.05) is 30.3 Å². The molecule has 11 aromatic rings. The number of anilines is 6. The number of ether oxygens (including phenoxy) is 6. The number of carbonyl (C=O) groups is 1. The normalized spacial score (nSPS) is 29.3. The number of imidazole rings is 3. The predicted octanol–water partition coefficient (Wildman–Crippen LogP) is -3.17. The molecule has 0 spiro atoms. The van der Waals surface area contributed by atoms with E-state index in [0.29, 0.717) is 16.6 Å². The number of aromatic nitrogens is 18. The number of amides is 1. The molecule has 22 N–H and O–H groups in total. The molecule has 2 aromatic carbocycles. The number of H-pyrrole nitrogens is 3. The Hall–Kier alpha value is -11.1. The van der Waals surface area contributed by atoms with Crippen LogP contribution in [0, 0.1) is 13.8 Å². The Balaban J connectivity index is 0.620. The molecule has 6 fully saturated rings. The number of hydrogen-bond donors (Lipinski definition) is 18. The lowest BCUT2D eigenvalue weighted by molar-refractivity contribution is -0.116. The number of nitrogen functional groups attached to an aromatic ring is 4. The third-order valence-electron chi connectivity index (χ3n) is 23.8. The maximum Gasteiger partial charge on any atom is 0.472 e. The first-order chi connectivity index (χ1) is 66.8. The number of carbonyl (C=O) groups excluding carboxylic acids is 1. The van der Waals surface area contributed by atoms with Crippen LogP contribution in [-0.2, 0) is 108 Å². The molecular weight excluding hydrogens is 1990 g/mol. The van der Waals surface area contributed by atoms with Gasteiger partial charge < -0.3 is 106 Å². The Morgan fingerprint density at radius 2 is 0.929 bits per heavy atom. The molecule has 62 nitrogen and oxygen atoms in total. The number of nitrogens with two attached hydrogens (primary N) is 4. The molecule has 6 aliphatic heterocycles. The SMILES string of the molecule is CC(=O)N(c1ccc2c(c1)Cc1ccccc1-2)c1nc2c(=O)[nH]c(N)nc2n1[C@@H]1O[C@H](COP(=O)(O)O[C@H]2C[C@H](n3cc(C)c(=O)[nH]c3=O)O[C@@H]2COP(=O)(O)O[C@H]2[C@@H](O)[C@H](n3cnc4c(N)ncnc43)O[C@@H]2CO)[C@@H](OP(=O)(O)OC[C@H]2O[C@@H](n3ccc(N)nc3=O)[C@H](O)[C@@H]2OP(=O)(O)OC[C@H]2O[C@@H](n3cc(C)c(=O)[nH]c3=O)C[C@@H]2OP(=O)(O)OC[C@H]2O[C@@H](n3cnc4c(N)ncnc43)[C@H](O)[C@@H]2O)[C@H]1O. The number of hydrogen-bond acceptors (Lipinski definition) is 47. The van der Waals surface area contributed by atoms with Crippen molar-refractivity contribution in [2.24, 2.45) is 0 Å². The van der Waals surface area contributed by atoms with Crippen LogP contribution >= 0.6 is 39.1 Å². The molecule has 5 unspecified atom stereocenters. The molecule has 1 amide bonds. The van der Waals surface area contributed by atoms with Gasteiger partial charge in [0, 0.05) is 49.5 Å². The first kappa shape index (κ1) is 100.0. The lowest BCUT2D eigenvalue weighted by atomic mass is 10.1. The van der Waals surface area contributed by atoms with Crippen molar-refractivity contribution in [3.8, 4) is 11.1 Å². The summed E-state index contributed by atoms with van der Waals surface area (Å²) < 4.78 is 169. The second-order valence-corrected chi connectivity index (χ2v) is 40.1. The highest BCUT2D eigenvalue weighted by molar-refractivity contribution is 7.48. The van der Waals surface area contributed by atoms with E-state index in [1.807, 2.05) is 24.3 Å². The highest BCUT2D eigenvalue weighted by atomic mass is 31.2. The molecule has 9 aromatic heterocycles. The van der Waals surface area contributed by atoms with Gasteiger partial charge in [-0.2, -0.15) is 9.97 Å². The van der Waals surface area contributed by atoms with Gasteiger partial charge in [0.1, 0.15) is 140 Å². The number of nitrogens with one attached hydrogen (secondary N) is 3. The molecule has 18 rings (SSSR count). The third-order valence-corrected chi connectivity index (χ3v) is 28.8. The van der Waals surface area contributed by atoms with Gasteiger partial charge in [-0.3, -0.25) is 112 Å². The number of benzene rings is 2. The molecule has 0 radical (unpaired) electrons. The van der Waals surface area contributed by atoms with E-state index in [1.54, 1.807) is 12.1 Å². The zero-order valence-electron chi connectivity index (χ0n) is 72.8. The summed E-state index contributed by atoms with van der Waals surface area (Å²) in [5.74, 6) is -2.58. The Morgan fingerprint density at radius 1 is 0.475 bits per heavy atom. The Morgan fingerprint density at radius 3 is 1.45 bits per heavy atom. The molecule has 6 saturated heterocycles.